The molecule has 90 valence electrons. The van der Waals surface area contributed by atoms with E-state index in [1.54, 1.807) is 13.1 Å². The van der Waals surface area contributed by atoms with E-state index in [1.807, 2.05) is 19.2 Å². The highest BCUT2D eigenvalue weighted by Gasteiger charge is 2.13. The Hall–Kier alpha value is -1.09. The molecule has 1 aromatic rings. The number of hydrogen-bond acceptors (Lipinski definition) is 3. The van der Waals surface area contributed by atoms with E-state index in [4.69, 9.17) is 0 Å². The maximum absolute atomic E-state index is 9.68. The van der Waals surface area contributed by atoms with E-state index in [-0.39, 0.29) is 0 Å². The number of hydrogen-bond donors (Lipinski definition) is 1. The van der Waals surface area contributed by atoms with Crippen LogP contribution in [0.3, 0.4) is 0 Å². The van der Waals surface area contributed by atoms with E-state index < -0.39 is 6.10 Å². The summed E-state index contributed by atoms with van der Waals surface area (Å²) < 4.78 is 0. The summed E-state index contributed by atoms with van der Waals surface area (Å²) in [5, 5.41) is 9.68. The minimum atomic E-state index is -0.469. The molecule has 0 aliphatic carbocycles. The molecule has 0 amide bonds. The maximum atomic E-state index is 9.68. The number of rotatable bonds is 5. The van der Waals surface area contributed by atoms with E-state index in [2.05, 4.69) is 23.7 Å². The van der Waals surface area contributed by atoms with Crippen LogP contribution in [0.15, 0.2) is 18.3 Å². The Morgan fingerprint density at radius 1 is 1.44 bits per heavy atom. The summed E-state index contributed by atoms with van der Waals surface area (Å²) >= 11 is 0. The third-order valence-electron chi connectivity index (χ3n) is 2.91. The van der Waals surface area contributed by atoms with Crippen LogP contribution in [0.2, 0.25) is 0 Å². The van der Waals surface area contributed by atoms with Gasteiger partial charge in [0, 0.05) is 25.4 Å². The Labute approximate surface area is 98.1 Å². The number of aliphatic hydroxyl groups excluding tert-OH is 1. The van der Waals surface area contributed by atoms with Gasteiger partial charge in [0.15, 0.2) is 0 Å². The topological polar surface area (TPSA) is 36.4 Å². The normalized spacial score (nSPS) is 14.6. The molecule has 0 spiro atoms. The Morgan fingerprint density at radius 2 is 2.12 bits per heavy atom. The zero-order valence-electron chi connectivity index (χ0n) is 10.6. The minimum absolute atomic E-state index is 0.469. The average molecular weight is 222 g/mol. The van der Waals surface area contributed by atoms with Crippen molar-refractivity contribution in [2.45, 2.75) is 33.3 Å². The quantitative estimate of drug-likeness (QED) is 0.832. The van der Waals surface area contributed by atoms with Crippen LogP contribution >= 0.6 is 0 Å². The van der Waals surface area contributed by atoms with Crippen molar-refractivity contribution < 1.29 is 5.11 Å². The molecular formula is C13H22N2O. The van der Waals surface area contributed by atoms with Gasteiger partial charge >= 0.3 is 0 Å². The standard InChI is InChI=1S/C13H22N2O/c1-5-10(2)9-15(4)13-12(11(3)16)7-6-8-14-13/h6-8,10-11,16H,5,9H2,1-4H3/t10?,11-/m0/s1. The van der Waals surface area contributed by atoms with Gasteiger partial charge in [0.25, 0.3) is 0 Å². The van der Waals surface area contributed by atoms with Gasteiger partial charge in [-0.05, 0) is 18.9 Å². The van der Waals surface area contributed by atoms with Gasteiger partial charge in [-0.2, -0.15) is 0 Å². The molecule has 1 rings (SSSR count). The molecule has 3 nitrogen and oxygen atoms in total. The number of pyridine rings is 1. The molecule has 0 fully saturated rings. The fraction of sp³-hybridized carbons (Fsp3) is 0.615. The third kappa shape index (κ3) is 3.20. The summed E-state index contributed by atoms with van der Waals surface area (Å²) in [4.78, 5) is 6.47. The molecule has 0 bridgehead atoms. The molecule has 1 aromatic heterocycles. The second kappa shape index (κ2) is 5.85. The van der Waals surface area contributed by atoms with Crippen molar-refractivity contribution in [3.63, 3.8) is 0 Å². The SMILES string of the molecule is CCC(C)CN(C)c1ncccc1[C@H](C)O. The molecule has 0 aliphatic rings. The molecule has 0 saturated heterocycles. The van der Waals surface area contributed by atoms with Gasteiger partial charge in [-0.15, -0.1) is 0 Å². The van der Waals surface area contributed by atoms with Gasteiger partial charge in [-0.3, -0.25) is 0 Å². The zero-order chi connectivity index (χ0) is 12.1. The van der Waals surface area contributed by atoms with Crippen molar-refractivity contribution in [3.8, 4) is 0 Å². The number of nitrogens with zero attached hydrogens (tertiary/aromatic N) is 2. The zero-order valence-corrected chi connectivity index (χ0v) is 10.6. The fourth-order valence-corrected chi connectivity index (χ4v) is 1.74. The first-order valence-electron chi connectivity index (χ1n) is 5.90. The number of aromatic nitrogens is 1. The summed E-state index contributed by atoms with van der Waals surface area (Å²) in [5.74, 6) is 1.52. The molecule has 1 unspecified atom stereocenters. The Bertz CT molecular complexity index is 325. The van der Waals surface area contributed by atoms with Crippen LogP contribution in [0.1, 0.15) is 38.9 Å². The molecular weight excluding hydrogens is 200 g/mol. The largest absolute Gasteiger partial charge is 0.389 e. The van der Waals surface area contributed by atoms with E-state index in [0.717, 1.165) is 24.3 Å². The molecule has 0 saturated carbocycles. The van der Waals surface area contributed by atoms with Crippen LogP contribution in [0.5, 0.6) is 0 Å². The van der Waals surface area contributed by atoms with E-state index in [1.165, 1.54) is 0 Å². The molecule has 2 atom stereocenters. The molecule has 1 heterocycles. The summed E-state index contributed by atoms with van der Waals surface area (Å²) in [6, 6.07) is 3.79. The molecule has 3 heteroatoms. The summed E-state index contributed by atoms with van der Waals surface area (Å²) in [7, 11) is 2.03. The Morgan fingerprint density at radius 3 is 2.69 bits per heavy atom. The second-order valence-electron chi connectivity index (χ2n) is 4.49. The van der Waals surface area contributed by atoms with Crippen molar-refractivity contribution in [1.29, 1.82) is 0 Å². The van der Waals surface area contributed by atoms with Gasteiger partial charge in [0.2, 0.25) is 0 Å². The highest BCUT2D eigenvalue weighted by molar-refractivity contribution is 5.47. The van der Waals surface area contributed by atoms with Gasteiger partial charge in [0.05, 0.1) is 6.10 Å². The van der Waals surface area contributed by atoms with Crippen molar-refractivity contribution in [2.75, 3.05) is 18.5 Å². The predicted octanol–water partition coefficient (Wildman–Crippen LogP) is 2.62. The fourth-order valence-electron chi connectivity index (χ4n) is 1.74. The van der Waals surface area contributed by atoms with E-state index in [0.29, 0.717) is 5.92 Å². The highest BCUT2D eigenvalue weighted by Crippen LogP contribution is 2.23. The lowest BCUT2D eigenvalue weighted by molar-refractivity contribution is 0.199. The van der Waals surface area contributed by atoms with Gasteiger partial charge in [-0.1, -0.05) is 26.3 Å². The summed E-state index contributed by atoms with van der Waals surface area (Å²) in [6.45, 7) is 7.15. The number of aliphatic hydroxyl groups is 1. The lowest BCUT2D eigenvalue weighted by Crippen LogP contribution is -2.25. The highest BCUT2D eigenvalue weighted by atomic mass is 16.3. The Kier molecular flexibility index (Phi) is 4.74. The van der Waals surface area contributed by atoms with Crippen LogP contribution in [0.25, 0.3) is 0 Å². The minimum Gasteiger partial charge on any atom is -0.389 e. The molecule has 0 radical (unpaired) electrons. The average Bonchev–Trinajstić information content (AvgIpc) is 2.28. The smallest absolute Gasteiger partial charge is 0.134 e. The maximum Gasteiger partial charge on any atom is 0.134 e. The van der Waals surface area contributed by atoms with Crippen LogP contribution in [0.4, 0.5) is 5.82 Å². The van der Waals surface area contributed by atoms with Gasteiger partial charge in [-0.25, -0.2) is 4.98 Å². The van der Waals surface area contributed by atoms with Crippen molar-refractivity contribution >= 4 is 5.82 Å². The molecule has 1 N–H and O–H groups in total. The second-order valence-corrected chi connectivity index (χ2v) is 4.49. The first-order chi connectivity index (χ1) is 7.56. The van der Waals surface area contributed by atoms with Gasteiger partial charge < -0.3 is 10.0 Å². The van der Waals surface area contributed by atoms with Crippen LogP contribution in [0, 0.1) is 5.92 Å². The van der Waals surface area contributed by atoms with E-state index in [9.17, 15) is 5.11 Å². The van der Waals surface area contributed by atoms with Crippen molar-refractivity contribution in [1.82, 2.24) is 4.98 Å². The first-order valence-corrected chi connectivity index (χ1v) is 5.90. The predicted molar refractivity (Wildman–Crippen MR) is 67.6 cm³/mol. The van der Waals surface area contributed by atoms with Crippen LogP contribution in [-0.4, -0.2) is 23.7 Å². The number of anilines is 1. The van der Waals surface area contributed by atoms with Crippen LogP contribution in [-0.2, 0) is 0 Å². The summed E-state index contributed by atoms with van der Waals surface area (Å²) in [6.07, 6.45) is 2.46. The molecule has 16 heavy (non-hydrogen) atoms. The lowest BCUT2D eigenvalue weighted by atomic mass is 10.1. The summed E-state index contributed by atoms with van der Waals surface area (Å²) in [5.41, 5.74) is 0.897. The monoisotopic (exact) mass is 222 g/mol. The lowest BCUT2D eigenvalue weighted by Gasteiger charge is -2.24. The first kappa shape index (κ1) is 13.0. The third-order valence-corrected chi connectivity index (χ3v) is 2.91. The van der Waals surface area contributed by atoms with E-state index >= 15 is 0 Å². The molecule has 0 aromatic carbocycles. The van der Waals surface area contributed by atoms with Crippen molar-refractivity contribution in [2.24, 2.45) is 5.92 Å². The van der Waals surface area contributed by atoms with Crippen LogP contribution < -0.4 is 4.90 Å². The van der Waals surface area contributed by atoms with Gasteiger partial charge in [0.1, 0.15) is 5.82 Å². The Balaban J connectivity index is 2.85. The molecule has 0 aliphatic heterocycles. The van der Waals surface area contributed by atoms with Crippen molar-refractivity contribution in [3.05, 3.63) is 23.9 Å².